The molecule has 0 aliphatic carbocycles. The Kier molecular flexibility index (Phi) is 5.18. The van der Waals surface area contributed by atoms with Gasteiger partial charge >= 0.3 is 0 Å². The summed E-state index contributed by atoms with van der Waals surface area (Å²) in [5.41, 5.74) is 2.40. The third kappa shape index (κ3) is 4.04. The number of hydrogen-bond acceptors (Lipinski definition) is 2. The van der Waals surface area contributed by atoms with E-state index in [9.17, 15) is 8.42 Å². The van der Waals surface area contributed by atoms with Gasteiger partial charge in [0.2, 0.25) is 0 Å². The highest BCUT2D eigenvalue weighted by molar-refractivity contribution is 7.87. The first-order chi connectivity index (χ1) is 9.49. The Hall–Kier alpha value is -0.910. The van der Waals surface area contributed by atoms with Crippen molar-refractivity contribution in [2.45, 2.75) is 33.1 Å². The van der Waals surface area contributed by atoms with Gasteiger partial charge in [0.15, 0.2) is 0 Å². The number of aryl methyl sites for hydroxylation is 1. The van der Waals surface area contributed by atoms with E-state index in [1.54, 1.807) is 4.31 Å². The Morgan fingerprint density at radius 3 is 2.80 bits per heavy atom. The van der Waals surface area contributed by atoms with Crippen LogP contribution >= 0.6 is 0 Å². The molecule has 1 heterocycles. The number of nitrogens with one attached hydrogen (secondary N) is 1. The predicted octanol–water partition coefficient (Wildman–Crippen LogP) is 2.10. The Labute approximate surface area is 122 Å². The summed E-state index contributed by atoms with van der Waals surface area (Å²) in [6.45, 7) is 5.90. The van der Waals surface area contributed by atoms with E-state index in [-0.39, 0.29) is 0 Å². The van der Waals surface area contributed by atoms with Gasteiger partial charge < -0.3 is 0 Å². The van der Waals surface area contributed by atoms with E-state index < -0.39 is 10.2 Å². The van der Waals surface area contributed by atoms with Crippen molar-refractivity contribution in [2.24, 2.45) is 5.92 Å². The zero-order valence-corrected chi connectivity index (χ0v) is 13.1. The van der Waals surface area contributed by atoms with Crippen LogP contribution in [0.2, 0.25) is 0 Å². The van der Waals surface area contributed by atoms with E-state index in [4.69, 9.17) is 0 Å². The second kappa shape index (κ2) is 6.70. The molecule has 20 heavy (non-hydrogen) atoms. The fraction of sp³-hybridized carbons (Fsp3) is 0.600. The third-order valence-electron chi connectivity index (χ3n) is 3.90. The molecule has 2 rings (SSSR count). The van der Waals surface area contributed by atoms with Crippen molar-refractivity contribution in [3.63, 3.8) is 0 Å². The van der Waals surface area contributed by atoms with Gasteiger partial charge in [-0.3, -0.25) is 0 Å². The summed E-state index contributed by atoms with van der Waals surface area (Å²) in [5, 5.41) is 0. The second-order valence-electron chi connectivity index (χ2n) is 5.68. The van der Waals surface area contributed by atoms with Gasteiger partial charge in [0.05, 0.1) is 0 Å². The van der Waals surface area contributed by atoms with Gasteiger partial charge in [0.1, 0.15) is 0 Å². The highest BCUT2D eigenvalue weighted by Crippen LogP contribution is 2.17. The lowest BCUT2D eigenvalue weighted by molar-refractivity contribution is 0.278. The molecule has 112 valence electrons. The molecule has 1 aromatic rings. The Morgan fingerprint density at radius 2 is 2.10 bits per heavy atom. The molecular weight excluding hydrogens is 272 g/mol. The molecule has 1 aliphatic heterocycles. The maximum absolute atomic E-state index is 12.2. The third-order valence-corrected chi connectivity index (χ3v) is 5.48. The summed E-state index contributed by atoms with van der Waals surface area (Å²) in [7, 11) is -3.32. The lowest BCUT2D eigenvalue weighted by atomic mass is 10.0. The summed E-state index contributed by atoms with van der Waals surface area (Å²) >= 11 is 0. The van der Waals surface area contributed by atoms with Crippen LogP contribution in [-0.2, 0) is 16.6 Å². The second-order valence-corrected chi connectivity index (χ2v) is 7.44. The molecule has 1 saturated heterocycles. The largest absolute Gasteiger partial charge is 0.279 e. The van der Waals surface area contributed by atoms with Gasteiger partial charge in [-0.2, -0.15) is 12.7 Å². The molecule has 5 heteroatoms. The molecule has 1 N–H and O–H groups in total. The first-order valence-electron chi connectivity index (χ1n) is 7.28. The smallest absolute Gasteiger partial charge is 0.202 e. The Morgan fingerprint density at radius 1 is 1.35 bits per heavy atom. The average molecular weight is 296 g/mol. The summed E-state index contributed by atoms with van der Waals surface area (Å²) in [4.78, 5) is 0. The minimum atomic E-state index is -3.32. The van der Waals surface area contributed by atoms with Crippen LogP contribution in [-0.4, -0.2) is 32.4 Å². The van der Waals surface area contributed by atoms with E-state index in [0.717, 1.165) is 19.3 Å². The molecule has 0 aromatic heterocycles. The van der Waals surface area contributed by atoms with Gasteiger partial charge in [-0.05, 0) is 43.2 Å². The maximum Gasteiger partial charge on any atom is 0.279 e. The molecule has 0 radical (unpaired) electrons. The Bertz CT molecular complexity index is 543. The van der Waals surface area contributed by atoms with Crippen molar-refractivity contribution >= 4 is 10.2 Å². The summed E-state index contributed by atoms with van der Waals surface area (Å²) in [6.07, 6.45) is 2.81. The molecule has 1 aliphatic rings. The minimum absolute atomic E-state index is 0.455. The SMILES string of the molecule is Cc1ccccc1CCNS(=O)(=O)N1CCC[C@H](C)C1. The normalized spacial score (nSPS) is 21.0. The zero-order valence-electron chi connectivity index (χ0n) is 12.3. The van der Waals surface area contributed by atoms with Gasteiger partial charge in [0, 0.05) is 19.6 Å². The zero-order chi connectivity index (χ0) is 14.6. The lowest BCUT2D eigenvalue weighted by Crippen LogP contribution is -2.46. The van der Waals surface area contributed by atoms with Crippen LogP contribution in [0.5, 0.6) is 0 Å². The first kappa shape index (κ1) is 15.5. The molecule has 0 unspecified atom stereocenters. The van der Waals surface area contributed by atoms with Crippen LogP contribution in [0.15, 0.2) is 24.3 Å². The topological polar surface area (TPSA) is 49.4 Å². The lowest BCUT2D eigenvalue weighted by Gasteiger charge is -2.30. The number of benzene rings is 1. The quantitative estimate of drug-likeness (QED) is 0.904. The molecule has 0 amide bonds. The van der Waals surface area contributed by atoms with Crippen molar-refractivity contribution in [3.8, 4) is 0 Å². The van der Waals surface area contributed by atoms with Crippen molar-refractivity contribution in [1.29, 1.82) is 0 Å². The van der Waals surface area contributed by atoms with E-state index in [2.05, 4.69) is 24.6 Å². The van der Waals surface area contributed by atoms with E-state index in [0.29, 0.717) is 25.6 Å². The average Bonchev–Trinajstić information content (AvgIpc) is 2.41. The van der Waals surface area contributed by atoms with Gasteiger partial charge in [-0.15, -0.1) is 0 Å². The minimum Gasteiger partial charge on any atom is -0.202 e. The first-order valence-corrected chi connectivity index (χ1v) is 8.72. The highest BCUT2D eigenvalue weighted by atomic mass is 32.2. The number of hydrogen-bond donors (Lipinski definition) is 1. The van der Waals surface area contributed by atoms with Crippen LogP contribution in [0.1, 0.15) is 30.9 Å². The molecule has 0 bridgehead atoms. The van der Waals surface area contributed by atoms with Crippen molar-refractivity contribution in [1.82, 2.24) is 9.03 Å². The number of nitrogens with zero attached hydrogens (tertiary/aromatic N) is 1. The molecule has 1 atom stereocenters. The van der Waals surface area contributed by atoms with Crippen molar-refractivity contribution < 1.29 is 8.42 Å². The van der Waals surface area contributed by atoms with Crippen LogP contribution in [0.4, 0.5) is 0 Å². The summed E-state index contributed by atoms with van der Waals surface area (Å²) in [6, 6.07) is 8.09. The van der Waals surface area contributed by atoms with Gasteiger partial charge in [-0.25, -0.2) is 4.72 Å². The van der Waals surface area contributed by atoms with Gasteiger partial charge in [-0.1, -0.05) is 31.2 Å². The fourth-order valence-corrected chi connectivity index (χ4v) is 4.02. The maximum atomic E-state index is 12.2. The van der Waals surface area contributed by atoms with Gasteiger partial charge in [0.25, 0.3) is 10.2 Å². The Balaban J connectivity index is 1.88. The molecule has 4 nitrogen and oxygen atoms in total. The standard InChI is InChI=1S/C15H24N2O2S/c1-13-6-5-11-17(12-13)20(18,19)16-10-9-15-8-4-3-7-14(15)2/h3-4,7-8,13,16H,5-6,9-12H2,1-2H3/t13-/m0/s1. The highest BCUT2D eigenvalue weighted by Gasteiger charge is 2.26. The molecule has 0 saturated carbocycles. The number of piperidine rings is 1. The monoisotopic (exact) mass is 296 g/mol. The molecule has 0 spiro atoms. The van der Waals surface area contributed by atoms with E-state index in [1.165, 1.54) is 11.1 Å². The molecule has 1 aromatic carbocycles. The van der Waals surface area contributed by atoms with E-state index >= 15 is 0 Å². The van der Waals surface area contributed by atoms with Crippen LogP contribution in [0, 0.1) is 12.8 Å². The van der Waals surface area contributed by atoms with Crippen LogP contribution in [0.3, 0.4) is 0 Å². The number of rotatable bonds is 5. The predicted molar refractivity (Wildman–Crippen MR) is 81.8 cm³/mol. The fourth-order valence-electron chi connectivity index (χ4n) is 2.66. The molecule has 1 fully saturated rings. The van der Waals surface area contributed by atoms with Crippen molar-refractivity contribution in [3.05, 3.63) is 35.4 Å². The van der Waals surface area contributed by atoms with E-state index in [1.807, 2.05) is 18.2 Å². The van der Waals surface area contributed by atoms with Crippen LogP contribution in [0.25, 0.3) is 0 Å². The molecular formula is C15H24N2O2S. The summed E-state index contributed by atoms with van der Waals surface area (Å²) in [5.74, 6) is 0.455. The van der Waals surface area contributed by atoms with Crippen LogP contribution < -0.4 is 4.72 Å². The van der Waals surface area contributed by atoms with Crippen molar-refractivity contribution in [2.75, 3.05) is 19.6 Å². The summed E-state index contributed by atoms with van der Waals surface area (Å²) < 4.78 is 28.7.